The second-order valence-corrected chi connectivity index (χ2v) is 6.08. The van der Waals surface area contributed by atoms with Crippen molar-refractivity contribution >= 4 is 11.9 Å². The number of hydrogen-bond donors (Lipinski definition) is 2. The lowest BCUT2D eigenvalue weighted by molar-refractivity contribution is -0.146. The SMILES string of the molecule is CC(NC(=O)[C@@H]1CCC[C@@H]1C(=O)O)C(C)(C)C. The van der Waals surface area contributed by atoms with Crippen molar-refractivity contribution in [3.63, 3.8) is 0 Å². The zero-order valence-corrected chi connectivity index (χ0v) is 11.1. The van der Waals surface area contributed by atoms with Crippen LogP contribution in [-0.4, -0.2) is 23.0 Å². The van der Waals surface area contributed by atoms with Crippen LogP contribution in [0.3, 0.4) is 0 Å². The average molecular weight is 241 g/mol. The minimum Gasteiger partial charge on any atom is -0.481 e. The van der Waals surface area contributed by atoms with Crippen LogP contribution in [0, 0.1) is 17.3 Å². The summed E-state index contributed by atoms with van der Waals surface area (Å²) in [6.07, 6.45) is 2.15. The summed E-state index contributed by atoms with van der Waals surface area (Å²) >= 11 is 0. The van der Waals surface area contributed by atoms with Crippen molar-refractivity contribution in [2.75, 3.05) is 0 Å². The quantitative estimate of drug-likeness (QED) is 0.794. The molecule has 17 heavy (non-hydrogen) atoms. The molecule has 2 N–H and O–H groups in total. The Morgan fingerprint density at radius 2 is 1.76 bits per heavy atom. The topological polar surface area (TPSA) is 66.4 Å². The summed E-state index contributed by atoms with van der Waals surface area (Å²) in [6, 6.07) is 0.0463. The number of nitrogens with one attached hydrogen (secondary N) is 1. The van der Waals surface area contributed by atoms with Crippen LogP contribution in [0.5, 0.6) is 0 Å². The molecule has 0 spiro atoms. The number of rotatable bonds is 3. The molecule has 4 nitrogen and oxygen atoms in total. The minimum atomic E-state index is -0.842. The summed E-state index contributed by atoms with van der Waals surface area (Å²) in [6.45, 7) is 8.13. The van der Waals surface area contributed by atoms with E-state index in [0.29, 0.717) is 12.8 Å². The zero-order chi connectivity index (χ0) is 13.2. The number of aliphatic carboxylic acids is 1. The molecule has 1 rings (SSSR count). The van der Waals surface area contributed by atoms with Gasteiger partial charge in [-0.3, -0.25) is 9.59 Å². The molecule has 0 bridgehead atoms. The Kier molecular flexibility index (Phi) is 4.17. The number of carbonyl (C=O) groups is 2. The molecule has 1 unspecified atom stereocenters. The molecule has 98 valence electrons. The molecule has 1 aliphatic rings. The summed E-state index contributed by atoms with van der Waals surface area (Å²) in [5.41, 5.74) is -0.00696. The molecule has 0 aromatic heterocycles. The lowest BCUT2D eigenvalue weighted by Crippen LogP contribution is -2.45. The molecule has 0 aromatic rings. The Labute approximate surface area is 103 Å². The average Bonchev–Trinajstić information content (AvgIpc) is 2.63. The molecular formula is C13H23NO3. The van der Waals surface area contributed by atoms with E-state index in [1.54, 1.807) is 0 Å². The summed E-state index contributed by atoms with van der Waals surface area (Å²) < 4.78 is 0. The smallest absolute Gasteiger partial charge is 0.307 e. The van der Waals surface area contributed by atoms with Crippen molar-refractivity contribution in [2.24, 2.45) is 17.3 Å². The number of amides is 1. The molecule has 0 saturated heterocycles. The lowest BCUT2D eigenvalue weighted by atomic mass is 9.87. The highest BCUT2D eigenvalue weighted by atomic mass is 16.4. The Morgan fingerprint density at radius 3 is 2.24 bits per heavy atom. The third-order valence-electron chi connectivity index (χ3n) is 3.83. The van der Waals surface area contributed by atoms with Crippen molar-refractivity contribution in [1.82, 2.24) is 5.32 Å². The van der Waals surface area contributed by atoms with Crippen molar-refractivity contribution in [2.45, 2.75) is 53.0 Å². The maximum atomic E-state index is 12.0. The van der Waals surface area contributed by atoms with Gasteiger partial charge in [0.25, 0.3) is 0 Å². The van der Waals surface area contributed by atoms with E-state index in [2.05, 4.69) is 26.1 Å². The van der Waals surface area contributed by atoms with Crippen LogP contribution in [0.2, 0.25) is 0 Å². The molecule has 1 fully saturated rings. The Bertz CT molecular complexity index is 306. The normalized spacial score (nSPS) is 26.6. The predicted molar refractivity (Wildman–Crippen MR) is 65.5 cm³/mol. The van der Waals surface area contributed by atoms with Crippen LogP contribution in [0.1, 0.15) is 47.0 Å². The Balaban J connectivity index is 2.61. The second-order valence-electron chi connectivity index (χ2n) is 6.08. The molecule has 1 saturated carbocycles. The monoisotopic (exact) mass is 241 g/mol. The molecular weight excluding hydrogens is 218 g/mol. The van der Waals surface area contributed by atoms with Gasteiger partial charge < -0.3 is 10.4 Å². The van der Waals surface area contributed by atoms with E-state index in [1.807, 2.05) is 6.92 Å². The van der Waals surface area contributed by atoms with Crippen LogP contribution in [-0.2, 0) is 9.59 Å². The first-order chi connectivity index (χ1) is 7.73. The molecule has 1 amide bonds. The van der Waals surface area contributed by atoms with Crippen molar-refractivity contribution in [3.8, 4) is 0 Å². The van der Waals surface area contributed by atoms with Gasteiger partial charge in [-0.1, -0.05) is 27.2 Å². The third-order valence-corrected chi connectivity index (χ3v) is 3.83. The first kappa shape index (κ1) is 14.0. The van der Waals surface area contributed by atoms with Crippen molar-refractivity contribution in [1.29, 1.82) is 0 Å². The number of carboxylic acids is 1. The molecule has 1 aliphatic carbocycles. The molecule has 0 aliphatic heterocycles. The lowest BCUT2D eigenvalue weighted by Gasteiger charge is -2.29. The first-order valence-corrected chi connectivity index (χ1v) is 6.26. The molecule has 4 heteroatoms. The van der Waals surface area contributed by atoms with Gasteiger partial charge in [0.15, 0.2) is 0 Å². The van der Waals surface area contributed by atoms with Crippen LogP contribution in [0.4, 0.5) is 0 Å². The van der Waals surface area contributed by atoms with E-state index < -0.39 is 11.9 Å². The number of hydrogen-bond acceptors (Lipinski definition) is 2. The number of carbonyl (C=O) groups excluding carboxylic acids is 1. The van der Waals surface area contributed by atoms with Crippen molar-refractivity contribution < 1.29 is 14.7 Å². The van der Waals surface area contributed by atoms with E-state index in [1.165, 1.54) is 0 Å². The summed E-state index contributed by atoms with van der Waals surface area (Å²) in [5.74, 6) is -1.79. The first-order valence-electron chi connectivity index (χ1n) is 6.26. The fourth-order valence-corrected chi connectivity index (χ4v) is 2.11. The Morgan fingerprint density at radius 1 is 1.24 bits per heavy atom. The molecule has 0 heterocycles. The van der Waals surface area contributed by atoms with Gasteiger partial charge in [0.2, 0.25) is 5.91 Å². The minimum absolute atomic E-state index is 0.00696. The van der Waals surface area contributed by atoms with Gasteiger partial charge in [0.1, 0.15) is 0 Å². The highest BCUT2D eigenvalue weighted by Crippen LogP contribution is 2.32. The van der Waals surface area contributed by atoms with Crippen LogP contribution in [0.25, 0.3) is 0 Å². The summed E-state index contributed by atoms with van der Waals surface area (Å²) in [5, 5.41) is 12.0. The highest BCUT2D eigenvalue weighted by molar-refractivity contribution is 5.85. The maximum absolute atomic E-state index is 12.0. The van der Waals surface area contributed by atoms with Gasteiger partial charge in [0, 0.05) is 6.04 Å². The van der Waals surface area contributed by atoms with E-state index in [9.17, 15) is 9.59 Å². The van der Waals surface area contributed by atoms with Crippen LogP contribution >= 0.6 is 0 Å². The van der Waals surface area contributed by atoms with Crippen molar-refractivity contribution in [3.05, 3.63) is 0 Å². The molecule has 0 aromatic carbocycles. The summed E-state index contributed by atoms with van der Waals surface area (Å²) in [7, 11) is 0. The Hall–Kier alpha value is -1.06. The summed E-state index contributed by atoms with van der Waals surface area (Å²) in [4.78, 5) is 23.1. The van der Waals surface area contributed by atoms with E-state index in [0.717, 1.165) is 6.42 Å². The largest absolute Gasteiger partial charge is 0.481 e. The fraction of sp³-hybridized carbons (Fsp3) is 0.846. The molecule has 3 atom stereocenters. The van der Waals surface area contributed by atoms with Crippen LogP contribution < -0.4 is 5.32 Å². The van der Waals surface area contributed by atoms with Gasteiger partial charge >= 0.3 is 5.97 Å². The maximum Gasteiger partial charge on any atom is 0.307 e. The van der Waals surface area contributed by atoms with Crippen LogP contribution in [0.15, 0.2) is 0 Å². The zero-order valence-electron chi connectivity index (χ0n) is 11.1. The van der Waals surface area contributed by atoms with Gasteiger partial charge in [-0.15, -0.1) is 0 Å². The standard InChI is InChI=1S/C13H23NO3/c1-8(13(2,3)4)14-11(15)9-6-5-7-10(9)12(16)17/h8-10H,5-7H2,1-4H3,(H,14,15)(H,16,17)/t8?,9-,10+/m1/s1. The van der Waals surface area contributed by atoms with E-state index in [4.69, 9.17) is 5.11 Å². The van der Waals surface area contributed by atoms with Gasteiger partial charge in [-0.05, 0) is 25.2 Å². The fourth-order valence-electron chi connectivity index (χ4n) is 2.11. The van der Waals surface area contributed by atoms with E-state index in [-0.39, 0.29) is 23.3 Å². The van der Waals surface area contributed by atoms with Gasteiger partial charge in [-0.2, -0.15) is 0 Å². The molecule has 0 radical (unpaired) electrons. The van der Waals surface area contributed by atoms with Gasteiger partial charge in [-0.25, -0.2) is 0 Å². The third kappa shape index (κ3) is 3.45. The highest BCUT2D eigenvalue weighted by Gasteiger charge is 2.38. The predicted octanol–water partition coefficient (Wildman–Crippen LogP) is 2.04. The second kappa shape index (κ2) is 5.07. The number of carboxylic acid groups (broad SMARTS) is 1. The van der Waals surface area contributed by atoms with E-state index >= 15 is 0 Å². The van der Waals surface area contributed by atoms with Gasteiger partial charge in [0.05, 0.1) is 11.8 Å².